The lowest BCUT2D eigenvalue weighted by molar-refractivity contribution is 1.24. The van der Waals surface area contributed by atoms with E-state index in [4.69, 9.17) is 0 Å². The van der Waals surface area contributed by atoms with Crippen LogP contribution in [0.25, 0.3) is 0 Å². The topological polar surface area (TPSA) is 0 Å². The fraction of sp³-hybridized carbons (Fsp3) is 0.125. The molecule has 0 N–H and O–H groups in total. The van der Waals surface area contributed by atoms with Crippen molar-refractivity contribution in [3.63, 3.8) is 0 Å². The van der Waals surface area contributed by atoms with Crippen LogP contribution in [0.1, 0.15) is 5.56 Å². The summed E-state index contributed by atoms with van der Waals surface area (Å²) in [6, 6.07) is 10.3. The lowest BCUT2D eigenvalue weighted by Crippen LogP contribution is -1.83. The maximum absolute atomic E-state index is 3.34. The number of benzene rings is 1. The van der Waals surface area contributed by atoms with Crippen molar-refractivity contribution in [2.24, 2.45) is 0 Å². The van der Waals surface area contributed by atoms with Crippen LogP contribution in [0.5, 0.6) is 0 Å². The minimum atomic E-state index is 0.945. The zero-order chi connectivity index (χ0) is 7.40. The van der Waals surface area contributed by atoms with E-state index in [0.717, 1.165) is 10.2 Å². The summed E-state index contributed by atoms with van der Waals surface area (Å²) >= 11 is 6.69. The molecule has 0 spiro atoms. The Bertz CT molecular complexity index is 182. The molecule has 0 amide bonds. The van der Waals surface area contributed by atoms with Gasteiger partial charge in [0.2, 0.25) is 0 Å². The summed E-state index contributed by atoms with van der Waals surface area (Å²) in [4.78, 5) is 0. The quantitative estimate of drug-likeness (QED) is 0.765. The van der Waals surface area contributed by atoms with Gasteiger partial charge in [-0.25, -0.2) is 0 Å². The zero-order valence-electron chi connectivity index (χ0n) is 5.35. The normalized spacial score (nSPS) is 10.3. The molecule has 53 valence electrons. The van der Waals surface area contributed by atoms with Gasteiger partial charge in [0.15, 0.2) is 0 Å². The largest absolute Gasteiger partial charge is 0.110 e. The Morgan fingerprint density at radius 2 is 1.70 bits per heavy atom. The Morgan fingerprint density at radius 3 is 2.20 bits per heavy atom. The van der Waals surface area contributed by atoms with Gasteiger partial charge in [-0.05, 0) is 12.0 Å². The highest BCUT2D eigenvalue weighted by Gasteiger charge is 1.98. The van der Waals surface area contributed by atoms with Crippen LogP contribution in [0, 0.1) is 3.74 Å². The molecule has 0 aliphatic carbocycles. The van der Waals surface area contributed by atoms with Crippen LogP contribution in [0.2, 0.25) is 0 Å². The lowest BCUT2D eigenvalue weighted by atomic mass is 10.2. The summed E-state index contributed by atoms with van der Waals surface area (Å²) < 4.78 is 1.09. The van der Waals surface area contributed by atoms with Crippen molar-refractivity contribution in [3.05, 3.63) is 39.6 Å². The molecule has 0 saturated carbocycles. The molecule has 1 radical (unpaired) electrons. The van der Waals surface area contributed by atoms with Gasteiger partial charge in [-0.15, -0.1) is 0 Å². The Hall–Kier alpha value is 0.180. The van der Waals surface area contributed by atoms with E-state index in [1.54, 1.807) is 0 Å². The van der Waals surface area contributed by atoms with Gasteiger partial charge in [-0.2, -0.15) is 0 Å². The van der Waals surface area contributed by atoms with Crippen molar-refractivity contribution in [2.45, 2.75) is 6.42 Å². The first-order valence-corrected chi connectivity index (χ1v) is 4.58. The number of hydrogen-bond donors (Lipinski definition) is 0. The van der Waals surface area contributed by atoms with E-state index in [2.05, 4.69) is 44.0 Å². The summed E-state index contributed by atoms with van der Waals surface area (Å²) in [6.07, 6.45) is 0.945. The summed E-state index contributed by atoms with van der Waals surface area (Å²) in [5, 5.41) is 0. The third-order valence-electron chi connectivity index (χ3n) is 1.18. The molecule has 0 heterocycles. The van der Waals surface area contributed by atoms with Gasteiger partial charge < -0.3 is 0 Å². The van der Waals surface area contributed by atoms with Crippen LogP contribution < -0.4 is 0 Å². The van der Waals surface area contributed by atoms with Gasteiger partial charge >= 0.3 is 0 Å². The lowest BCUT2D eigenvalue weighted by Gasteiger charge is -1.98. The Kier molecular flexibility index (Phi) is 3.43. The standard InChI is InChI=1S/C8H7Br2/c9-8(10)6-7-4-2-1-3-5-7/h1-5H,6H2. The molecule has 0 unspecified atom stereocenters. The van der Waals surface area contributed by atoms with Crippen molar-refractivity contribution in [2.75, 3.05) is 0 Å². The summed E-state index contributed by atoms with van der Waals surface area (Å²) in [7, 11) is 0. The van der Waals surface area contributed by atoms with Gasteiger partial charge in [0.25, 0.3) is 0 Å². The molecule has 0 fully saturated rings. The second-order valence-electron chi connectivity index (χ2n) is 2.00. The van der Waals surface area contributed by atoms with Gasteiger partial charge in [0, 0.05) is 0 Å². The maximum atomic E-state index is 3.34. The molecular weight excluding hydrogens is 256 g/mol. The second-order valence-corrected chi connectivity index (χ2v) is 4.98. The van der Waals surface area contributed by atoms with Gasteiger partial charge in [0.05, 0.1) is 0 Å². The predicted octanol–water partition coefficient (Wildman–Crippen LogP) is 3.51. The van der Waals surface area contributed by atoms with E-state index in [9.17, 15) is 0 Å². The molecule has 10 heavy (non-hydrogen) atoms. The second kappa shape index (κ2) is 4.14. The van der Waals surface area contributed by atoms with Crippen LogP contribution >= 0.6 is 31.9 Å². The number of rotatable bonds is 2. The zero-order valence-corrected chi connectivity index (χ0v) is 8.52. The summed E-state index contributed by atoms with van der Waals surface area (Å²) in [6.45, 7) is 0. The van der Waals surface area contributed by atoms with E-state index in [0.29, 0.717) is 0 Å². The van der Waals surface area contributed by atoms with Crippen molar-refractivity contribution in [1.29, 1.82) is 0 Å². The van der Waals surface area contributed by atoms with E-state index in [-0.39, 0.29) is 0 Å². The van der Waals surface area contributed by atoms with Gasteiger partial charge in [-0.1, -0.05) is 62.2 Å². The first-order valence-electron chi connectivity index (χ1n) is 3.00. The minimum Gasteiger partial charge on any atom is -0.0698 e. The maximum Gasteiger partial charge on any atom is 0.110 e. The van der Waals surface area contributed by atoms with Crippen LogP contribution in [0.15, 0.2) is 30.3 Å². The Morgan fingerprint density at radius 1 is 1.10 bits per heavy atom. The highest BCUT2D eigenvalue weighted by molar-refractivity contribution is 9.27. The number of halogens is 2. The Balaban J connectivity index is 2.59. The molecule has 1 aromatic rings. The van der Waals surface area contributed by atoms with Crippen LogP contribution in [-0.2, 0) is 6.42 Å². The molecule has 0 saturated heterocycles. The first kappa shape index (κ1) is 8.28. The molecule has 0 atom stereocenters. The fourth-order valence-electron chi connectivity index (χ4n) is 0.750. The molecule has 0 aliphatic rings. The summed E-state index contributed by atoms with van der Waals surface area (Å²) in [5.74, 6) is 0. The van der Waals surface area contributed by atoms with Crippen molar-refractivity contribution in [3.8, 4) is 0 Å². The van der Waals surface area contributed by atoms with E-state index in [1.807, 2.05) is 18.2 Å². The molecule has 0 nitrogen and oxygen atoms in total. The Labute approximate surface area is 77.9 Å². The fourth-order valence-corrected chi connectivity index (χ4v) is 1.40. The van der Waals surface area contributed by atoms with Gasteiger partial charge in [-0.3, -0.25) is 0 Å². The first-order chi connectivity index (χ1) is 4.79. The smallest absolute Gasteiger partial charge is 0.0698 e. The van der Waals surface area contributed by atoms with E-state index in [1.165, 1.54) is 5.56 Å². The molecule has 2 heteroatoms. The highest BCUT2D eigenvalue weighted by atomic mass is 79.9. The van der Waals surface area contributed by atoms with Crippen LogP contribution in [-0.4, -0.2) is 0 Å². The third kappa shape index (κ3) is 2.84. The average molecular weight is 263 g/mol. The average Bonchev–Trinajstić information content (AvgIpc) is 1.88. The molecular formula is C8H7Br2. The van der Waals surface area contributed by atoms with Crippen molar-refractivity contribution >= 4 is 31.9 Å². The summed E-state index contributed by atoms with van der Waals surface area (Å²) in [5.41, 5.74) is 1.31. The van der Waals surface area contributed by atoms with Crippen LogP contribution in [0.3, 0.4) is 0 Å². The minimum absolute atomic E-state index is 0.945. The van der Waals surface area contributed by atoms with Crippen LogP contribution in [0.4, 0.5) is 0 Å². The molecule has 0 bridgehead atoms. The molecule has 1 aromatic carbocycles. The number of hydrogen-bond acceptors (Lipinski definition) is 0. The molecule has 1 rings (SSSR count). The predicted molar refractivity (Wildman–Crippen MR) is 51.2 cm³/mol. The van der Waals surface area contributed by atoms with Crippen molar-refractivity contribution < 1.29 is 0 Å². The highest BCUT2D eigenvalue weighted by Crippen LogP contribution is 2.22. The van der Waals surface area contributed by atoms with Crippen molar-refractivity contribution in [1.82, 2.24) is 0 Å². The van der Waals surface area contributed by atoms with E-state index < -0.39 is 0 Å². The molecule has 0 aromatic heterocycles. The molecule has 0 aliphatic heterocycles. The SMILES string of the molecule is Br[C](Br)Cc1ccccc1. The monoisotopic (exact) mass is 261 g/mol. The van der Waals surface area contributed by atoms with Gasteiger partial charge in [0.1, 0.15) is 3.74 Å². The third-order valence-corrected chi connectivity index (χ3v) is 1.74. The van der Waals surface area contributed by atoms with E-state index >= 15 is 0 Å².